The zero-order valence-corrected chi connectivity index (χ0v) is 7.88. The molecule has 1 rings (SSSR count). The Hall–Kier alpha value is -1.22. The summed E-state index contributed by atoms with van der Waals surface area (Å²) in [5, 5.41) is 12.1. The van der Waals surface area contributed by atoms with E-state index >= 15 is 0 Å². The molecule has 0 fully saturated rings. The lowest BCUT2D eigenvalue weighted by atomic mass is 10.2. The molecule has 0 spiro atoms. The topological polar surface area (TPSA) is 58.3 Å². The van der Waals surface area contributed by atoms with Crippen LogP contribution >= 0.6 is 0 Å². The zero-order valence-electron chi connectivity index (χ0n) is 7.88. The van der Waals surface area contributed by atoms with Gasteiger partial charge in [0.2, 0.25) is 0 Å². The lowest BCUT2D eigenvalue weighted by molar-refractivity contribution is 0.282. The third-order valence-corrected chi connectivity index (χ3v) is 1.86. The van der Waals surface area contributed by atoms with Crippen molar-refractivity contribution in [3.8, 4) is 0 Å². The van der Waals surface area contributed by atoms with Crippen LogP contribution in [0, 0.1) is 0 Å². The van der Waals surface area contributed by atoms with Crippen LogP contribution in [0.15, 0.2) is 18.2 Å². The van der Waals surface area contributed by atoms with E-state index in [0.29, 0.717) is 5.69 Å². The second-order valence-electron chi connectivity index (χ2n) is 3.01. The van der Waals surface area contributed by atoms with E-state index in [4.69, 9.17) is 10.8 Å². The Morgan fingerprint density at radius 3 is 2.77 bits per heavy atom. The SMILES string of the molecule is CCCNc1ccc(CO)cc1N. The third kappa shape index (κ3) is 2.63. The Bertz CT molecular complexity index is 274. The van der Waals surface area contributed by atoms with E-state index in [-0.39, 0.29) is 6.61 Å². The number of nitrogens with one attached hydrogen (secondary N) is 1. The molecule has 0 aromatic heterocycles. The van der Waals surface area contributed by atoms with Crippen LogP contribution in [0.25, 0.3) is 0 Å². The average Bonchev–Trinajstić information content (AvgIpc) is 2.16. The molecule has 0 heterocycles. The molecule has 0 aliphatic carbocycles. The monoisotopic (exact) mass is 180 g/mol. The van der Waals surface area contributed by atoms with E-state index in [1.165, 1.54) is 0 Å². The minimum Gasteiger partial charge on any atom is -0.397 e. The number of anilines is 2. The fourth-order valence-electron chi connectivity index (χ4n) is 1.13. The molecule has 4 N–H and O–H groups in total. The normalized spacial score (nSPS) is 10.0. The molecule has 1 aromatic carbocycles. The lowest BCUT2D eigenvalue weighted by Crippen LogP contribution is -2.03. The van der Waals surface area contributed by atoms with Crippen LogP contribution in [0.2, 0.25) is 0 Å². The van der Waals surface area contributed by atoms with Crippen LogP contribution in [-0.4, -0.2) is 11.7 Å². The van der Waals surface area contributed by atoms with Gasteiger partial charge in [0, 0.05) is 6.54 Å². The Morgan fingerprint density at radius 2 is 2.23 bits per heavy atom. The first-order valence-corrected chi connectivity index (χ1v) is 4.51. The summed E-state index contributed by atoms with van der Waals surface area (Å²) in [6.45, 7) is 3.06. The van der Waals surface area contributed by atoms with Gasteiger partial charge in [0.15, 0.2) is 0 Å². The van der Waals surface area contributed by atoms with E-state index < -0.39 is 0 Å². The first-order chi connectivity index (χ1) is 6.27. The molecular weight excluding hydrogens is 164 g/mol. The predicted molar refractivity (Wildman–Crippen MR) is 55.6 cm³/mol. The summed E-state index contributed by atoms with van der Waals surface area (Å²) in [4.78, 5) is 0. The zero-order chi connectivity index (χ0) is 9.68. The summed E-state index contributed by atoms with van der Waals surface area (Å²) < 4.78 is 0. The minimum absolute atomic E-state index is 0.0399. The summed E-state index contributed by atoms with van der Waals surface area (Å²) in [7, 11) is 0. The van der Waals surface area contributed by atoms with E-state index in [9.17, 15) is 0 Å². The quantitative estimate of drug-likeness (QED) is 0.617. The fourth-order valence-corrected chi connectivity index (χ4v) is 1.13. The maximum atomic E-state index is 8.85. The van der Waals surface area contributed by atoms with Crippen LogP contribution in [0.3, 0.4) is 0 Å². The van der Waals surface area contributed by atoms with Gasteiger partial charge in [-0.05, 0) is 24.1 Å². The number of aliphatic hydroxyl groups is 1. The highest BCUT2D eigenvalue weighted by Gasteiger charge is 1.98. The van der Waals surface area contributed by atoms with Crippen molar-refractivity contribution in [1.82, 2.24) is 0 Å². The van der Waals surface area contributed by atoms with Crippen LogP contribution in [0.4, 0.5) is 11.4 Å². The van der Waals surface area contributed by atoms with E-state index in [1.54, 1.807) is 6.07 Å². The summed E-state index contributed by atoms with van der Waals surface area (Å²) in [6.07, 6.45) is 1.07. The van der Waals surface area contributed by atoms with Gasteiger partial charge in [0.1, 0.15) is 0 Å². The van der Waals surface area contributed by atoms with Crippen molar-refractivity contribution in [3.05, 3.63) is 23.8 Å². The molecule has 0 aliphatic heterocycles. The number of aliphatic hydroxyl groups excluding tert-OH is 1. The number of nitrogen functional groups attached to an aromatic ring is 1. The summed E-state index contributed by atoms with van der Waals surface area (Å²) in [6, 6.07) is 5.56. The van der Waals surface area contributed by atoms with E-state index in [1.807, 2.05) is 12.1 Å². The van der Waals surface area contributed by atoms with Gasteiger partial charge in [-0.1, -0.05) is 13.0 Å². The number of nitrogens with two attached hydrogens (primary N) is 1. The number of benzene rings is 1. The number of rotatable bonds is 4. The van der Waals surface area contributed by atoms with Gasteiger partial charge in [-0.25, -0.2) is 0 Å². The molecule has 13 heavy (non-hydrogen) atoms. The Morgan fingerprint density at radius 1 is 1.46 bits per heavy atom. The molecule has 3 heteroatoms. The lowest BCUT2D eigenvalue weighted by Gasteiger charge is -2.08. The first kappa shape index (κ1) is 9.86. The predicted octanol–water partition coefficient (Wildman–Crippen LogP) is 1.58. The van der Waals surface area contributed by atoms with Crippen molar-refractivity contribution in [2.45, 2.75) is 20.0 Å². The second kappa shape index (κ2) is 4.72. The minimum atomic E-state index is 0.0399. The smallest absolute Gasteiger partial charge is 0.0682 e. The number of hydrogen-bond donors (Lipinski definition) is 3. The van der Waals surface area contributed by atoms with Gasteiger partial charge >= 0.3 is 0 Å². The Labute approximate surface area is 78.6 Å². The molecule has 0 saturated heterocycles. The van der Waals surface area contributed by atoms with Gasteiger partial charge in [-0.2, -0.15) is 0 Å². The molecule has 0 radical (unpaired) electrons. The molecule has 0 aliphatic rings. The second-order valence-corrected chi connectivity index (χ2v) is 3.01. The molecule has 0 unspecified atom stereocenters. The maximum Gasteiger partial charge on any atom is 0.0682 e. The standard InChI is InChI=1S/C10H16N2O/c1-2-5-12-10-4-3-8(7-13)6-9(10)11/h3-4,6,12-13H,2,5,7,11H2,1H3. The van der Waals surface area contributed by atoms with Gasteiger partial charge in [-0.15, -0.1) is 0 Å². The summed E-state index contributed by atoms with van der Waals surface area (Å²) in [5.41, 5.74) is 8.25. The molecule has 3 nitrogen and oxygen atoms in total. The van der Waals surface area contributed by atoms with Gasteiger partial charge in [0.05, 0.1) is 18.0 Å². The molecule has 0 bridgehead atoms. The van der Waals surface area contributed by atoms with Gasteiger partial charge in [-0.3, -0.25) is 0 Å². The molecule has 1 aromatic rings. The van der Waals surface area contributed by atoms with E-state index in [2.05, 4.69) is 12.2 Å². The van der Waals surface area contributed by atoms with Crippen molar-refractivity contribution in [2.24, 2.45) is 0 Å². The summed E-state index contributed by atoms with van der Waals surface area (Å²) >= 11 is 0. The third-order valence-electron chi connectivity index (χ3n) is 1.86. The van der Waals surface area contributed by atoms with Crippen LogP contribution in [0.5, 0.6) is 0 Å². The average molecular weight is 180 g/mol. The van der Waals surface area contributed by atoms with Gasteiger partial charge in [0.25, 0.3) is 0 Å². The molecule has 0 atom stereocenters. The largest absolute Gasteiger partial charge is 0.397 e. The number of hydrogen-bond acceptors (Lipinski definition) is 3. The van der Waals surface area contributed by atoms with Crippen molar-refractivity contribution in [2.75, 3.05) is 17.6 Å². The Kier molecular flexibility index (Phi) is 3.58. The molecule has 0 amide bonds. The van der Waals surface area contributed by atoms with Crippen LogP contribution in [-0.2, 0) is 6.61 Å². The highest BCUT2D eigenvalue weighted by Crippen LogP contribution is 2.19. The van der Waals surface area contributed by atoms with Crippen LogP contribution < -0.4 is 11.1 Å². The highest BCUT2D eigenvalue weighted by molar-refractivity contribution is 5.66. The van der Waals surface area contributed by atoms with Crippen molar-refractivity contribution < 1.29 is 5.11 Å². The first-order valence-electron chi connectivity index (χ1n) is 4.51. The van der Waals surface area contributed by atoms with Crippen molar-refractivity contribution >= 4 is 11.4 Å². The van der Waals surface area contributed by atoms with Crippen LogP contribution in [0.1, 0.15) is 18.9 Å². The Balaban J connectivity index is 2.73. The fraction of sp³-hybridized carbons (Fsp3) is 0.400. The van der Waals surface area contributed by atoms with Crippen molar-refractivity contribution in [3.63, 3.8) is 0 Å². The molecular formula is C10H16N2O. The molecule has 72 valence electrons. The van der Waals surface area contributed by atoms with Crippen molar-refractivity contribution in [1.29, 1.82) is 0 Å². The maximum absolute atomic E-state index is 8.85. The molecule has 0 saturated carbocycles. The highest BCUT2D eigenvalue weighted by atomic mass is 16.3. The van der Waals surface area contributed by atoms with E-state index in [0.717, 1.165) is 24.2 Å². The van der Waals surface area contributed by atoms with Gasteiger partial charge < -0.3 is 16.2 Å². The summed E-state index contributed by atoms with van der Waals surface area (Å²) in [5.74, 6) is 0.